The zero-order valence-electron chi connectivity index (χ0n) is 9.12. The van der Waals surface area contributed by atoms with Crippen molar-refractivity contribution in [3.8, 4) is 0 Å². The molecule has 14 heavy (non-hydrogen) atoms. The molecule has 0 spiro atoms. The summed E-state index contributed by atoms with van der Waals surface area (Å²) in [6.45, 7) is 5.61. The normalized spacial score (nSPS) is 27.7. The van der Waals surface area contributed by atoms with Gasteiger partial charge in [0.25, 0.3) is 0 Å². The van der Waals surface area contributed by atoms with E-state index >= 15 is 0 Å². The van der Waals surface area contributed by atoms with Crippen LogP contribution < -0.4 is 10.8 Å². The average Bonchev–Trinajstić information content (AvgIpc) is 2.32. The number of carbonyl (C=O) groups is 1. The molecule has 0 aromatic carbocycles. The van der Waals surface area contributed by atoms with E-state index in [0.29, 0.717) is 0 Å². The second-order valence-corrected chi connectivity index (χ2v) is 4.97. The Morgan fingerprint density at radius 1 is 1.43 bits per heavy atom. The third kappa shape index (κ3) is 2.18. The van der Waals surface area contributed by atoms with Crippen molar-refractivity contribution in [2.24, 2.45) is 5.73 Å². The Kier molecular flexibility index (Phi) is 3.04. The Morgan fingerprint density at radius 2 is 2.00 bits per heavy atom. The third-order valence-corrected chi connectivity index (χ3v) is 2.78. The fraction of sp³-hybridized carbons (Fsp3) is 0.900. The smallest absolute Gasteiger partial charge is 0.137 e. The minimum absolute atomic E-state index is 0.0351. The average molecular weight is 199 g/mol. The Balaban J connectivity index is 2.83. The van der Waals surface area contributed by atoms with Crippen molar-refractivity contribution in [3.63, 3.8) is 0 Å². The molecule has 4 heteroatoms. The molecule has 1 amide bonds. The fourth-order valence-electron chi connectivity index (χ4n) is 2.20. The summed E-state index contributed by atoms with van der Waals surface area (Å²) < 4.78 is 0. The second kappa shape index (κ2) is 3.77. The lowest BCUT2D eigenvalue weighted by Crippen LogP contribution is -2.59. The number of nitrogens with two attached hydrogens (primary N) is 1. The molecule has 0 heterocycles. The van der Waals surface area contributed by atoms with Crippen LogP contribution in [-0.2, 0) is 0 Å². The van der Waals surface area contributed by atoms with Crippen LogP contribution in [0, 0.1) is 0 Å². The van der Waals surface area contributed by atoms with Crippen LogP contribution in [0.4, 0.5) is 4.79 Å². The number of rotatable bonds is 1. The standard InChI is InChI=1S/C10H20N2O2/c1-10(2,3)12(9(13)14)8-6-4-5-7(8)11/h7-8H,4-6,11H2,1-3H3,(H,13,14)/p-1/t7-,8-/m1/s1. The van der Waals surface area contributed by atoms with Gasteiger partial charge in [0.15, 0.2) is 0 Å². The number of carboxylic acid groups (broad SMARTS) is 1. The van der Waals surface area contributed by atoms with E-state index in [9.17, 15) is 9.90 Å². The fourth-order valence-corrected chi connectivity index (χ4v) is 2.20. The zero-order valence-corrected chi connectivity index (χ0v) is 9.12. The van der Waals surface area contributed by atoms with E-state index in [1.54, 1.807) is 0 Å². The Labute approximate surface area is 85.1 Å². The highest BCUT2D eigenvalue weighted by atomic mass is 16.4. The highest BCUT2D eigenvalue weighted by molar-refractivity contribution is 5.64. The zero-order chi connectivity index (χ0) is 10.9. The van der Waals surface area contributed by atoms with E-state index < -0.39 is 11.6 Å². The van der Waals surface area contributed by atoms with Gasteiger partial charge in [-0.25, -0.2) is 0 Å². The molecule has 0 unspecified atom stereocenters. The first kappa shape index (κ1) is 11.3. The van der Waals surface area contributed by atoms with Crippen molar-refractivity contribution in [3.05, 3.63) is 0 Å². The van der Waals surface area contributed by atoms with Crippen LogP contribution in [0.2, 0.25) is 0 Å². The molecule has 1 aliphatic carbocycles. The molecule has 1 aliphatic rings. The molecule has 0 bridgehead atoms. The van der Waals surface area contributed by atoms with Crippen molar-refractivity contribution in [1.82, 2.24) is 4.90 Å². The lowest BCUT2D eigenvalue weighted by atomic mass is 10.0. The van der Waals surface area contributed by atoms with Gasteiger partial charge in [-0.2, -0.15) is 0 Å². The first-order valence-corrected chi connectivity index (χ1v) is 5.10. The van der Waals surface area contributed by atoms with E-state index in [1.807, 2.05) is 20.8 Å². The number of carbonyl (C=O) groups excluding carboxylic acids is 1. The lowest BCUT2D eigenvalue weighted by Gasteiger charge is -2.44. The summed E-state index contributed by atoms with van der Waals surface area (Å²) in [5.41, 5.74) is 5.46. The van der Waals surface area contributed by atoms with Crippen molar-refractivity contribution in [2.75, 3.05) is 0 Å². The van der Waals surface area contributed by atoms with E-state index in [4.69, 9.17) is 5.73 Å². The maximum Gasteiger partial charge on any atom is 0.137 e. The first-order valence-electron chi connectivity index (χ1n) is 5.10. The van der Waals surface area contributed by atoms with Crippen LogP contribution in [0.1, 0.15) is 40.0 Å². The maximum absolute atomic E-state index is 11.0. The van der Waals surface area contributed by atoms with Gasteiger partial charge in [-0.1, -0.05) is 0 Å². The van der Waals surface area contributed by atoms with Gasteiger partial charge in [0.2, 0.25) is 0 Å². The number of hydrogen-bond acceptors (Lipinski definition) is 3. The van der Waals surface area contributed by atoms with Gasteiger partial charge in [-0.15, -0.1) is 0 Å². The summed E-state index contributed by atoms with van der Waals surface area (Å²) in [6.07, 6.45) is 1.66. The Hall–Kier alpha value is -0.770. The van der Waals surface area contributed by atoms with Crippen molar-refractivity contribution < 1.29 is 9.90 Å². The van der Waals surface area contributed by atoms with Crippen molar-refractivity contribution in [2.45, 2.75) is 57.7 Å². The summed E-state index contributed by atoms with van der Waals surface area (Å²) in [7, 11) is 0. The molecule has 1 fully saturated rings. The molecule has 0 aromatic heterocycles. The van der Waals surface area contributed by atoms with Gasteiger partial charge >= 0.3 is 0 Å². The van der Waals surface area contributed by atoms with Gasteiger partial charge in [0.05, 0.1) is 0 Å². The number of amides is 1. The second-order valence-electron chi connectivity index (χ2n) is 4.97. The molecular weight excluding hydrogens is 180 g/mol. The van der Waals surface area contributed by atoms with Gasteiger partial charge < -0.3 is 20.5 Å². The SMILES string of the molecule is CC(C)(C)N(C(=O)[O-])[C@@H]1CCC[C@H]1N. The molecule has 0 saturated heterocycles. The molecule has 0 radical (unpaired) electrons. The molecule has 1 saturated carbocycles. The van der Waals surface area contributed by atoms with Crippen LogP contribution >= 0.6 is 0 Å². The third-order valence-electron chi connectivity index (χ3n) is 2.78. The molecule has 4 nitrogen and oxygen atoms in total. The van der Waals surface area contributed by atoms with Crippen LogP contribution in [0.5, 0.6) is 0 Å². The highest BCUT2D eigenvalue weighted by Gasteiger charge is 2.35. The summed E-state index contributed by atoms with van der Waals surface area (Å²) in [5.74, 6) is 0. The predicted octanol–water partition coefficient (Wildman–Crippen LogP) is 0.310. The molecule has 2 atom stereocenters. The van der Waals surface area contributed by atoms with Crippen LogP contribution in [0.15, 0.2) is 0 Å². The van der Waals surface area contributed by atoms with Crippen molar-refractivity contribution in [1.29, 1.82) is 0 Å². The van der Waals surface area contributed by atoms with E-state index in [0.717, 1.165) is 19.3 Å². The molecule has 1 rings (SSSR count). The first-order chi connectivity index (χ1) is 6.34. The predicted molar refractivity (Wildman–Crippen MR) is 52.6 cm³/mol. The van der Waals surface area contributed by atoms with E-state index in [1.165, 1.54) is 4.90 Å². The summed E-state index contributed by atoms with van der Waals surface area (Å²) in [5, 5.41) is 11.0. The Morgan fingerprint density at radius 3 is 2.29 bits per heavy atom. The minimum Gasteiger partial charge on any atom is -0.530 e. The van der Waals surface area contributed by atoms with Gasteiger partial charge in [0, 0.05) is 17.6 Å². The number of nitrogens with zero attached hydrogens (tertiary/aromatic N) is 1. The van der Waals surface area contributed by atoms with Gasteiger partial charge in [0.1, 0.15) is 6.09 Å². The molecule has 0 aliphatic heterocycles. The van der Waals surface area contributed by atoms with Crippen molar-refractivity contribution >= 4 is 6.09 Å². The van der Waals surface area contributed by atoms with Crippen LogP contribution in [0.25, 0.3) is 0 Å². The van der Waals surface area contributed by atoms with Crippen LogP contribution in [-0.4, -0.2) is 28.6 Å². The lowest BCUT2D eigenvalue weighted by molar-refractivity contribution is -0.273. The molecule has 2 N–H and O–H groups in total. The van der Waals surface area contributed by atoms with E-state index in [2.05, 4.69) is 0 Å². The maximum atomic E-state index is 11.0. The van der Waals surface area contributed by atoms with Gasteiger partial charge in [-0.3, -0.25) is 0 Å². The molecule has 0 aromatic rings. The quantitative estimate of drug-likeness (QED) is 0.660. The minimum atomic E-state index is -1.11. The monoisotopic (exact) mass is 199 g/mol. The highest BCUT2D eigenvalue weighted by Crippen LogP contribution is 2.28. The van der Waals surface area contributed by atoms with Gasteiger partial charge in [-0.05, 0) is 40.0 Å². The molecule has 82 valence electrons. The summed E-state index contributed by atoms with van der Waals surface area (Å²) >= 11 is 0. The molecular formula is C10H19N2O2-. The summed E-state index contributed by atoms with van der Waals surface area (Å²) in [4.78, 5) is 12.4. The summed E-state index contributed by atoms with van der Waals surface area (Å²) in [6, 6.07) is -0.105. The largest absolute Gasteiger partial charge is 0.530 e. The topological polar surface area (TPSA) is 69.4 Å². The number of hydrogen-bond donors (Lipinski definition) is 1. The van der Waals surface area contributed by atoms with E-state index in [-0.39, 0.29) is 12.1 Å². The Bertz CT molecular complexity index is 223. The van der Waals surface area contributed by atoms with Crippen LogP contribution in [0.3, 0.4) is 0 Å².